The van der Waals surface area contributed by atoms with Crippen LogP contribution in [0.4, 0.5) is 0 Å². The van der Waals surface area contributed by atoms with Crippen molar-refractivity contribution in [3.05, 3.63) is 70.4 Å². The number of aromatic amines is 1. The Morgan fingerprint density at radius 1 is 1.19 bits per heavy atom. The first-order chi connectivity index (χ1) is 15.2. The molecule has 0 bridgehead atoms. The van der Waals surface area contributed by atoms with E-state index in [9.17, 15) is 4.79 Å². The van der Waals surface area contributed by atoms with E-state index in [4.69, 9.17) is 14.5 Å². The highest BCUT2D eigenvalue weighted by molar-refractivity contribution is 5.52. The number of nitrogens with zero attached hydrogens (tertiary/aromatic N) is 3. The molecule has 1 aliphatic heterocycles. The first-order valence-electron chi connectivity index (χ1n) is 10.7. The van der Waals surface area contributed by atoms with E-state index in [1.807, 2.05) is 31.2 Å². The van der Waals surface area contributed by atoms with Crippen molar-refractivity contribution in [3.8, 4) is 22.9 Å². The number of hydrogen-bond acceptors (Lipinski definition) is 6. The van der Waals surface area contributed by atoms with Crippen LogP contribution in [0.15, 0.2) is 53.6 Å². The monoisotopic (exact) mass is 420 g/mol. The van der Waals surface area contributed by atoms with Crippen LogP contribution >= 0.6 is 0 Å². The van der Waals surface area contributed by atoms with Crippen LogP contribution in [0.1, 0.15) is 43.5 Å². The molecule has 0 amide bonds. The summed E-state index contributed by atoms with van der Waals surface area (Å²) in [6, 6.07) is 11.5. The van der Waals surface area contributed by atoms with Crippen LogP contribution in [0.25, 0.3) is 11.4 Å². The van der Waals surface area contributed by atoms with Crippen LogP contribution in [0.3, 0.4) is 0 Å². The van der Waals surface area contributed by atoms with Crippen molar-refractivity contribution >= 4 is 0 Å². The van der Waals surface area contributed by atoms with Crippen LogP contribution in [0, 0.1) is 0 Å². The third kappa shape index (κ3) is 4.94. The number of benzene rings is 1. The van der Waals surface area contributed by atoms with Crippen molar-refractivity contribution in [2.75, 3.05) is 20.3 Å². The molecule has 0 saturated carbocycles. The minimum absolute atomic E-state index is 0.0871. The maximum absolute atomic E-state index is 12.4. The summed E-state index contributed by atoms with van der Waals surface area (Å²) in [6.45, 7) is 4.26. The molecule has 0 radical (unpaired) electrons. The van der Waals surface area contributed by atoms with Crippen molar-refractivity contribution in [1.29, 1.82) is 0 Å². The molecule has 1 N–H and O–H groups in total. The number of ether oxygens (including phenoxy) is 2. The van der Waals surface area contributed by atoms with E-state index < -0.39 is 0 Å². The summed E-state index contributed by atoms with van der Waals surface area (Å²) in [5.74, 6) is 2.05. The summed E-state index contributed by atoms with van der Waals surface area (Å²) < 4.78 is 11.2. The minimum atomic E-state index is -0.142. The Morgan fingerprint density at radius 2 is 2.10 bits per heavy atom. The van der Waals surface area contributed by atoms with Gasteiger partial charge in [0.25, 0.3) is 5.56 Å². The lowest BCUT2D eigenvalue weighted by molar-refractivity contribution is 0.137. The molecule has 3 heterocycles. The summed E-state index contributed by atoms with van der Waals surface area (Å²) in [5.41, 5.74) is 2.61. The van der Waals surface area contributed by atoms with Gasteiger partial charge in [-0.25, -0.2) is 4.98 Å². The largest absolute Gasteiger partial charge is 0.493 e. The maximum atomic E-state index is 12.4. The zero-order chi connectivity index (χ0) is 21.6. The highest BCUT2D eigenvalue weighted by Crippen LogP contribution is 2.33. The number of aromatic nitrogens is 3. The average Bonchev–Trinajstić information content (AvgIpc) is 2.81. The number of likely N-dealkylation sites (tertiary alicyclic amines) is 1. The first-order valence-corrected chi connectivity index (χ1v) is 10.7. The predicted octanol–water partition coefficient (Wildman–Crippen LogP) is 3.97. The molecule has 1 unspecified atom stereocenters. The van der Waals surface area contributed by atoms with Gasteiger partial charge in [0.2, 0.25) is 0 Å². The Labute approximate surface area is 182 Å². The Bertz CT molecular complexity index is 1070. The van der Waals surface area contributed by atoms with Gasteiger partial charge < -0.3 is 14.5 Å². The van der Waals surface area contributed by atoms with E-state index in [1.54, 1.807) is 25.6 Å². The molecule has 0 spiro atoms. The molecule has 1 aliphatic rings. The standard InChI is InChI=1S/C24H28N4O3/c1-3-31-21-10-9-17(13-22(21)30-2)16-28-12-5-4-8-20(28)19-14-23(29)27-24(26-19)18-7-6-11-25-15-18/h6-7,9-11,13-15,20H,3-5,8,12,16H2,1-2H3,(H,26,27,29). The van der Waals surface area contributed by atoms with Crippen molar-refractivity contribution in [2.24, 2.45) is 0 Å². The van der Waals surface area contributed by atoms with E-state index in [2.05, 4.69) is 20.9 Å². The fraction of sp³-hybridized carbons (Fsp3) is 0.375. The van der Waals surface area contributed by atoms with E-state index in [0.29, 0.717) is 12.4 Å². The van der Waals surface area contributed by atoms with Crippen LogP contribution in [-0.4, -0.2) is 40.1 Å². The normalized spacial score (nSPS) is 16.8. The zero-order valence-electron chi connectivity index (χ0n) is 18.0. The number of nitrogens with one attached hydrogen (secondary N) is 1. The third-order valence-electron chi connectivity index (χ3n) is 5.57. The second-order valence-corrected chi connectivity index (χ2v) is 7.66. The van der Waals surface area contributed by atoms with Gasteiger partial charge in [0.15, 0.2) is 11.5 Å². The Hall–Kier alpha value is -3.19. The molecule has 31 heavy (non-hydrogen) atoms. The van der Waals surface area contributed by atoms with Crippen molar-refractivity contribution in [3.63, 3.8) is 0 Å². The van der Waals surface area contributed by atoms with Crippen LogP contribution in [-0.2, 0) is 6.54 Å². The molecule has 1 saturated heterocycles. The van der Waals surface area contributed by atoms with Crippen LogP contribution in [0.2, 0.25) is 0 Å². The van der Waals surface area contributed by atoms with Gasteiger partial charge in [-0.15, -0.1) is 0 Å². The summed E-state index contributed by atoms with van der Waals surface area (Å²) >= 11 is 0. The molecule has 162 valence electrons. The number of piperidine rings is 1. The number of H-pyrrole nitrogens is 1. The van der Waals surface area contributed by atoms with Gasteiger partial charge in [0.1, 0.15) is 5.82 Å². The molecular weight excluding hydrogens is 392 g/mol. The van der Waals surface area contributed by atoms with Gasteiger partial charge in [-0.05, 0) is 56.1 Å². The maximum Gasteiger partial charge on any atom is 0.251 e. The summed E-state index contributed by atoms with van der Waals surface area (Å²) in [6.07, 6.45) is 6.64. The van der Waals surface area contributed by atoms with Crippen LogP contribution < -0.4 is 15.0 Å². The molecule has 1 fully saturated rings. The molecule has 7 nitrogen and oxygen atoms in total. The van der Waals surface area contributed by atoms with Crippen molar-refractivity contribution in [1.82, 2.24) is 19.9 Å². The summed E-state index contributed by atoms with van der Waals surface area (Å²) in [7, 11) is 1.66. The average molecular weight is 421 g/mol. The molecule has 3 aromatic rings. The molecule has 4 rings (SSSR count). The second-order valence-electron chi connectivity index (χ2n) is 7.66. The highest BCUT2D eigenvalue weighted by Gasteiger charge is 2.26. The number of methoxy groups -OCH3 is 1. The predicted molar refractivity (Wildman–Crippen MR) is 119 cm³/mol. The fourth-order valence-electron chi connectivity index (χ4n) is 4.12. The first kappa shape index (κ1) is 21.1. The van der Waals surface area contributed by atoms with E-state index in [-0.39, 0.29) is 11.6 Å². The van der Waals surface area contributed by atoms with Gasteiger partial charge in [-0.2, -0.15) is 0 Å². The van der Waals surface area contributed by atoms with E-state index >= 15 is 0 Å². The van der Waals surface area contributed by atoms with E-state index in [0.717, 1.165) is 60.7 Å². The van der Waals surface area contributed by atoms with Gasteiger partial charge >= 0.3 is 0 Å². The molecule has 2 aromatic heterocycles. The Morgan fingerprint density at radius 3 is 2.87 bits per heavy atom. The zero-order valence-corrected chi connectivity index (χ0v) is 18.0. The van der Waals surface area contributed by atoms with Crippen LogP contribution in [0.5, 0.6) is 11.5 Å². The second kappa shape index (κ2) is 9.75. The number of pyridine rings is 1. The molecule has 1 aromatic carbocycles. The van der Waals surface area contributed by atoms with Crippen molar-refractivity contribution < 1.29 is 9.47 Å². The van der Waals surface area contributed by atoms with E-state index in [1.165, 1.54) is 0 Å². The van der Waals surface area contributed by atoms with Gasteiger partial charge in [0, 0.05) is 30.6 Å². The van der Waals surface area contributed by atoms with Crippen molar-refractivity contribution in [2.45, 2.75) is 38.8 Å². The lowest BCUT2D eigenvalue weighted by Gasteiger charge is -2.35. The fourth-order valence-corrected chi connectivity index (χ4v) is 4.12. The van der Waals surface area contributed by atoms with Gasteiger partial charge in [-0.3, -0.25) is 14.7 Å². The Balaban J connectivity index is 1.61. The Kier molecular flexibility index (Phi) is 6.62. The molecular formula is C24H28N4O3. The highest BCUT2D eigenvalue weighted by atomic mass is 16.5. The summed E-state index contributed by atoms with van der Waals surface area (Å²) in [5, 5.41) is 0. The third-order valence-corrected chi connectivity index (χ3v) is 5.57. The molecule has 7 heteroatoms. The summed E-state index contributed by atoms with van der Waals surface area (Å²) in [4.78, 5) is 26.6. The topological polar surface area (TPSA) is 80.3 Å². The quantitative estimate of drug-likeness (QED) is 0.623. The minimum Gasteiger partial charge on any atom is -0.493 e. The lowest BCUT2D eigenvalue weighted by Crippen LogP contribution is -2.34. The molecule has 0 aliphatic carbocycles. The number of rotatable bonds is 7. The van der Waals surface area contributed by atoms with Gasteiger partial charge in [-0.1, -0.05) is 12.5 Å². The number of hydrogen-bond donors (Lipinski definition) is 1. The van der Waals surface area contributed by atoms with Gasteiger partial charge in [0.05, 0.1) is 25.5 Å². The lowest BCUT2D eigenvalue weighted by atomic mass is 9.98. The molecule has 1 atom stereocenters. The SMILES string of the molecule is CCOc1ccc(CN2CCCCC2c2cc(=O)[nH]c(-c3cccnc3)n2)cc1OC. The smallest absolute Gasteiger partial charge is 0.251 e.